The predicted molar refractivity (Wildman–Crippen MR) is 80.6 cm³/mol. The lowest BCUT2D eigenvalue weighted by atomic mass is 9.69. The molecule has 0 aromatic carbocycles. The van der Waals surface area contributed by atoms with Crippen LogP contribution in [0.15, 0.2) is 12.1 Å². The number of fused-ring (bicyclic) bond motifs is 2. The van der Waals surface area contributed by atoms with Crippen LogP contribution in [0.4, 0.5) is 5.69 Å². The quantitative estimate of drug-likeness (QED) is 0.795. The Morgan fingerprint density at radius 3 is 2.58 bits per heavy atom. The fourth-order valence-corrected chi connectivity index (χ4v) is 4.48. The second kappa shape index (κ2) is 4.12. The number of nitrogens with zero attached hydrogens (tertiary/aromatic N) is 1. The average Bonchev–Trinajstić information content (AvgIpc) is 2.65. The van der Waals surface area contributed by atoms with E-state index in [1.807, 2.05) is 13.0 Å². The summed E-state index contributed by atoms with van der Waals surface area (Å²) in [4.78, 5) is 4.34. The molecule has 1 aromatic heterocycles. The summed E-state index contributed by atoms with van der Waals surface area (Å²) in [6.45, 7) is 9.36. The zero-order valence-corrected chi connectivity index (χ0v) is 13.0. The lowest BCUT2D eigenvalue weighted by Crippen LogP contribution is -2.40. The zero-order chi connectivity index (χ0) is 13.8. The van der Waals surface area contributed by atoms with E-state index in [-0.39, 0.29) is 0 Å². The lowest BCUT2D eigenvalue weighted by Gasteiger charge is -2.40. The minimum Gasteiger partial charge on any atom is -0.380 e. The van der Waals surface area contributed by atoms with E-state index >= 15 is 0 Å². The third-order valence-corrected chi connectivity index (χ3v) is 6.39. The van der Waals surface area contributed by atoms with E-state index in [1.54, 1.807) is 0 Å². The summed E-state index contributed by atoms with van der Waals surface area (Å²) in [5.74, 6) is 0.857. The lowest BCUT2D eigenvalue weighted by molar-refractivity contribution is 0.142. The fourth-order valence-electron chi connectivity index (χ4n) is 4.29. The molecular weight excluding hydrogens is 256 g/mol. The van der Waals surface area contributed by atoms with Gasteiger partial charge >= 0.3 is 0 Å². The van der Waals surface area contributed by atoms with Gasteiger partial charge in [-0.25, -0.2) is 4.98 Å². The molecule has 0 aliphatic heterocycles. The van der Waals surface area contributed by atoms with Crippen molar-refractivity contribution in [3.05, 3.63) is 23.0 Å². The van der Waals surface area contributed by atoms with Crippen molar-refractivity contribution in [2.24, 2.45) is 16.7 Å². The van der Waals surface area contributed by atoms with Gasteiger partial charge in [0.05, 0.1) is 11.4 Å². The van der Waals surface area contributed by atoms with E-state index in [9.17, 15) is 0 Å². The van der Waals surface area contributed by atoms with E-state index in [1.165, 1.54) is 19.3 Å². The van der Waals surface area contributed by atoms with E-state index in [4.69, 9.17) is 11.6 Å². The maximum Gasteiger partial charge on any atom is 0.129 e. The van der Waals surface area contributed by atoms with E-state index < -0.39 is 0 Å². The second-order valence-corrected chi connectivity index (χ2v) is 7.46. The Hall–Kier alpha value is -0.760. The van der Waals surface area contributed by atoms with E-state index in [0.717, 1.165) is 17.3 Å². The van der Waals surface area contributed by atoms with Gasteiger partial charge < -0.3 is 5.32 Å². The first kappa shape index (κ1) is 13.2. The standard InChI is InChI=1S/C16H23ClN2/c1-10-12(5-6-14(17)18-10)19-13-9-11-7-8-16(13,4)15(11,2)3/h5-6,11,13,19H,7-9H2,1-4H3. The Morgan fingerprint density at radius 2 is 2.05 bits per heavy atom. The van der Waals surface area contributed by atoms with Crippen molar-refractivity contribution in [2.75, 3.05) is 5.32 Å². The molecule has 2 saturated carbocycles. The van der Waals surface area contributed by atoms with Crippen LogP contribution in [0.5, 0.6) is 0 Å². The Balaban J connectivity index is 1.86. The molecule has 0 amide bonds. The fraction of sp³-hybridized carbons (Fsp3) is 0.688. The van der Waals surface area contributed by atoms with Crippen LogP contribution in [0.1, 0.15) is 45.7 Å². The maximum absolute atomic E-state index is 5.93. The molecule has 1 N–H and O–H groups in total. The van der Waals surface area contributed by atoms with Gasteiger partial charge in [0.1, 0.15) is 5.15 Å². The number of aromatic nitrogens is 1. The average molecular weight is 279 g/mol. The summed E-state index contributed by atoms with van der Waals surface area (Å²) >= 11 is 5.93. The van der Waals surface area contributed by atoms with Gasteiger partial charge in [0.25, 0.3) is 0 Å². The number of hydrogen-bond donors (Lipinski definition) is 1. The van der Waals surface area contributed by atoms with Crippen LogP contribution in [0.25, 0.3) is 0 Å². The smallest absolute Gasteiger partial charge is 0.129 e. The first-order chi connectivity index (χ1) is 8.84. The van der Waals surface area contributed by atoms with Gasteiger partial charge in [-0.15, -0.1) is 0 Å². The molecule has 3 atom stereocenters. The van der Waals surface area contributed by atoms with Crippen LogP contribution >= 0.6 is 11.6 Å². The highest BCUT2D eigenvalue weighted by Crippen LogP contribution is 2.65. The number of anilines is 1. The largest absolute Gasteiger partial charge is 0.380 e. The van der Waals surface area contributed by atoms with Crippen LogP contribution in [0, 0.1) is 23.7 Å². The van der Waals surface area contributed by atoms with Gasteiger partial charge in [0, 0.05) is 6.04 Å². The van der Waals surface area contributed by atoms with Crippen LogP contribution in [0.2, 0.25) is 5.15 Å². The minimum atomic E-state index is 0.393. The first-order valence-corrected chi connectivity index (χ1v) is 7.62. The highest BCUT2D eigenvalue weighted by atomic mass is 35.5. The minimum absolute atomic E-state index is 0.393. The highest BCUT2D eigenvalue weighted by molar-refractivity contribution is 6.29. The molecule has 0 radical (unpaired) electrons. The number of halogens is 1. The topological polar surface area (TPSA) is 24.9 Å². The van der Waals surface area contributed by atoms with Crippen molar-refractivity contribution in [1.29, 1.82) is 0 Å². The van der Waals surface area contributed by atoms with Gasteiger partial charge in [-0.05, 0) is 55.1 Å². The molecule has 2 fully saturated rings. The molecule has 19 heavy (non-hydrogen) atoms. The molecular formula is C16H23ClN2. The van der Waals surface area contributed by atoms with Crippen molar-refractivity contribution in [1.82, 2.24) is 4.98 Å². The van der Waals surface area contributed by atoms with Crippen molar-refractivity contribution >= 4 is 17.3 Å². The van der Waals surface area contributed by atoms with Crippen molar-refractivity contribution < 1.29 is 0 Å². The van der Waals surface area contributed by atoms with Gasteiger partial charge in [0.15, 0.2) is 0 Å². The summed E-state index contributed by atoms with van der Waals surface area (Å²) < 4.78 is 0. The van der Waals surface area contributed by atoms with E-state index in [2.05, 4.69) is 37.1 Å². The summed E-state index contributed by atoms with van der Waals surface area (Å²) in [5.41, 5.74) is 2.97. The molecule has 0 saturated heterocycles. The van der Waals surface area contributed by atoms with Crippen LogP contribution in [0.3, 0.4) is 0 Å². The van der Waals surface area contributed by atoms with Gasteiger partial charge in [-0.2, -0.15) is 0 Å². The number of hydrogen-bond acceptors (Lipinski definition) is 2. The number of rotatable bonds is 2. The third kappa shape index (κ3) is 1.79. The normalized spacial score (nSPS) is 35.6. The summed E-state index contributed by atoms with van der Waals surface area (Å²) in [5, 5.41) is 4.31. The molecule has 104 valence electrons. The molecule has 2 aliphatic rings. The van der Waals surface area contributed by atoms with E-state index in [0.29, 0.717) is 22.0 Å². The third-order valence-electron chi connectivity index (χ3n) is 6.18. The number of pyridine rings is 1. The highest BCUT2D eigenvalue weighted by Gasteiger charge is 2.61. The van der Waals surface area contributed by atoms with Crippen molar-refractivity contribution in [3.8, 4) is 0 Å². The van der Waals surface area contributed by atoms with Crippen LogP contribution < -0.4 is 5.32 Å². The Labute approximate surface area is 121 Å². The summed E-state index contributed by atoms with van der Waals surface area (Å²) in [7, 11) is 0. The van der Waals surface area contributed by atoms with Gasteiger partial charge in [-0.3, -0.25) is 0 Å². The molecule has 1 aromatic rings. The molecule has 2 nitrogen and oxygen atoms in total. The van der Waals surface area contributed by atoms with Crippen molar-refractivity contribution in [2.45, 2.75) is 53.0 Å². The molecule has 3 heteroatoms. The maximum atomic E-state index is 5.93. The van der Waals surface area contributed by atoms with Gasteiger partial charge in [0.2, 0.25) is 0 Å². The Kier molecular flexibility index (Phi) is 2.87. The molecule has 3 rings (SSSR count). The SMILES string of the molecule is Cc1nc(Cl)ccc1NC1CC2CCC1(C)C2(C)C. The Morgan fingerprint density at radius 1 is 1.32 bits per heavy atom. The Bertz CT molecular complexity index is 511. The second-order valence-electron chi connectivity index (χ2n) is 7.07. The zero-order valence-electron chi connectivity index (χ0n) is 12.3. The molecule has 3 unspecified atom stereocenters. The number of aryl methyl sites for hydroxylation is 1. The number of nitrogens with one attached hydrogen (secondary N) is 1. The summed E-state index contributed by atoms with van der Waals surface area (Å²) in [6.07, 6.45) is 4.01. The molecule has 1 heterocycles. The van der Waals surface area contributed by atoms with Crippen LogP contribution in [-0.4, -0.2) is 11.0 Å². The monoisotopic (exact) mass is 278 g/mol. The molecule has 2 bridgehead atoms. The predicted octanol–water partition coefficient (Wildman–Crippen LogP) is 4.67. The summed E-state index contributed by atoms with van der Waals surface area (Å²) in [6, 6.07) is 4.49. The van der Waals surface area contributed by atoms with Crippen molar-refractivity contribution in [3.63, 3.8) is 0 Å². The van der Waals surface area contributed by atoms with Crippen LogP contribution in [-0.2, 0) is 0 Å². The molecule has 2 aliphatic carbocycles. The van der Waals surface area contributed by atoms with Gasteiger partial charge in [-0.1, -0.05) is 32.4 Å². The first-order valence-electron chi connectivity index (χ1n) is 7.24. The molecule has 0 spiro atoms.